The minimum Gasteiger partial charge on any atom is -0.378 e. The largest absolute Gasteiger partial charge is 0.378 e. The summed E-state index contributed by atoms with van der Waals surface area (Å²) in [4.78, 5) is 24.1. The molecule has 6 heteroatoms. The molecular weight excluding hydrogens is 220 g/mol. The van der Waals surface area contributed by atoms with Crippen molar-refractivity contribution < 1.29 is 14.3 Å². The molecule has 2 amide bonds. The first-order valence-electron chi connectivity index (χ1n) is 4.92. The first-order chi connectivity index (χ1) is 7.24. The van der Waals surface area contributed by atoms with E-state index in [0.29, 0.717) is 39.3 Å². The average molecular weight is 235 g/mol. The van der Waals surface area contributed by atoms with Crippen LogP contribution >= 0.6 is 11.6 Å². The van der Waals surface area contributed by atoms with Crippen molar-refractivity contribution in [3.05, 3.63) is 0 Å². The maximum absolute atomic E-state index is 11.6. The summed E-state index contributed by atoms with van der Waals surface area (Å²) in [6.45, 7) is 2.83. The van der Waals surface area contributed by atoms with Crippen LogP contribution in [-0.2, 0) is 14.3 Å². The van der Waals surface area contributed by atoms with Crippen LogP contribution < -0.4 is 5.32 Å². The molecule has 1 rings (SSSR count). The summed E-state index contributed by atoms with van der Waals surface area (Å²) in [7, 11) is 0. The number of carbonyl (C=O) groups is 2. The number of morpholine rings is 1. The van der Waals surface area contributed by atoms with E-state index in [-0.39, 0.29) is 17.7 Å². The molecule has 1 aliphatic rings. The Morgan fingerprint density at radius 1 is 1.33 bits per heavy atom. The number of rotatable bonds is 4. The van der Waals surface area contributed by atoms with E-state index in [9.17, 15) is 9.59 Å². The van der Waals surface area contributed by atoms with Crippen LogP contribution in [0.2, 0.25) is 0 Å². The average Bonchev–Trinajstić information content (AvgIpc) is 2.29. The zero-order valence-corrected chi connectivity index (χ0v) is 9.26. The lowest BCUT2D eigenvalue weighted by Crippen LogP contribution is -2.42. The SMILES string of the molecule is O=C(CCl)NCCC(=O)N1CCOCC1. The fourth-order valence-electron chi connectivity index (χ4n) is 1.33. The summed E-state index contributed by atoms with van der Waals surface area (Å²) in [5, 5.41) is 2.55. The van der Waals surface area contributed by atoms with E-state index in [2.05, 4.69) is 5.32 Å². The van der Waals surface area contributed by atoms with Crippen LogP contribution in [0.15, 0.2) is 0 Å². The predicted octanol–water partition coefficient (Wildman–Crippen LogP) is -0.410. The molecule has 0 atom stereocenters. The molecule has 0 aromatic rings. The Kier molecular flexibility index (Phi) is 5.42. The molecule has 0 radical (unpaired) electrons. The Hall–Kier alpha value is -0.810. The van der Waals surface area contributed by atoms with Crippen molar-refractivity contribution >= 4 is 23.4 Å². The second kappa shape index (κ2) is 6.63. The van der Waals surface area contributed by atoms with Gasteiger partial charge in [-0.25, -0.2) is 0 Å². The van der Waals surface area contributed by atoms with E-state index in [1.807, 2.05) is 0 Å². The molecule has 0 saturated carbocycles. The molecule has 86 valence electrons. The van der Waals surface area contributed by atoms with Gasteiger partial charge in [0, 0.05) is 26.1 Å². The standard InChI is InChI=1S/C9H15ClN2O3/c10-7-8(13)11-2-1-9(14)12-3-5-15-6-4-12/h1-7H2,(H,11,13). The van der Waals surface area contributed by atoms with Crippen LogP contribution in [0, 0.1) is 0 Å². The summed E-state index contributed by atoms with van der Waals surface area (Å²) < 4.78 is 5.13. The molecule has 0 spiro atoms. The molecule has 5 nitrogen and oxygen atoms in total. The summed E-state index contributed by atoms with van der Waals surface area (Å²) in [5.74, 6) is -0.259. The predicted molar refractivity (Wildman–Crippen MR) is 55.7 cm³/mol. The quantitative estimate of drug-likeness (QED) is 0.673. The fourth-order valence-corrected chi connectivity index (χ4v) is 1.42. The number of amides is 2. The van der Waals surface area contributed by atoms with Gasteiger partial charge < -0.3 is 15.0 Å². The highest BCUT2D eigenvalue weighted by molar-refractivity contribution is 6.27. The number of nitrogens with zero attached hydrogens (tertiary/aromatic N) is 1. The van der Waals surface area contributed by atoms with E-state index in [1.54, 1.807) is 4.90 Å². The Labute approximate surface area is 93.7 Å². The number of ether oxygens (including phenoxy) is 1. The van der Waals surface area contributed by atoms with E-state index in [0.717, 1.165) is 0 Å². The number of nitrogens with one attached hydrogen (secondary N) is 1. The molecule has 1 fully saturated rings. The van der Waals surface area contributed by atoms with Crippen LogP contribution in [0.4, 0.5) is 0 Å². The summed E-state index contributed by atoms with van der Waals surface area (Å²) in [5.41, 5.74) is 0. The molecule has 0 unspecified atom stereocenters. The summed E-state index contributed by atoms with van der Waals surface area (Å²) >= 11 is 5.29. The van der Waals surface area contributed by atoms with E-state index in [1.165, 1.54) is 0 Å². The molecule has 1 N–H and O–H groups in total. The van der Waals surface area contributed by atoms with E-state index in [4.69, 9.17) is 16.3 Å². The smallest absolute Gasteiger partial charge is 0.234 e. The molecule has 1 aliphatic heterocycles. The van der Waals surface area contributed by atoms with Crippen molar-refractivity contribution in [3.8, 4) is 0 Å². The van der Waals surface area contributed by atoms with Gasteiger partial charge in [0.2, 0.25) is 11.8 Å². The van der Waals surface area contributed by atoms with Crippen LogP contribution in [0.3, 0.4) is 0 Å². The van der Waals surface area contributed by atoms with Gasteiger partial charge in [-0.1, -0.05) is 0 Å². The van der Waals surface area contributed by atoms with Gasteiger partial charge in [-0.2, -0.15) is 0 Å². The highest BCUT2D eigenvalue weighted by atomic mass is 35.5. The van der Waals surface area contributed by atoms with Crippen molar-refractivity contribution in [2.45, 2.75) is 6.42 Å². The fraction of sp³-hybridized carbons (Fsp3) is 0.778. The Bertz CT molecular complexity index is 229. The van der Waals surface area contributed by atoms with Gasteiger partial charge in [-0.3, -0.25) is 9.59 Å². The highest BCUT2D eigenvalue weighted by Crippen LogP contribution is 1.99. The van der Waals surface area contributed by atoms with E-state index >= 15 is 0 Å². The van der Waals surface area contributed by atoms with Gasteiger partial charge in [0.25, 0.3) is 0 Å². The molecule has 1 heterocycles. The topological polar surface area (TPSA) is 58.6 Å². The molecule has 0 aromatic carbocycles. The van der Waals surface area contributed by atoms with Crippen LogP contribution in [0.5, 0.6) is 0 Å². The lowest BCUT2D eigenvalue weighted by Gasteiger charge is -2.26. The lowest BCUT2D eigenvalue weighted by molar-refractivity contribution is -0.135. The van der Waals surface area contributed by atoms with Gasteiger partial charge in [-0.15, -0.1) is 11.6 Å². The number of halogens is 1. The minimum atomic E-state index is -0.244. The Balaban J connectivity index is 2.14. The van der Waals surface area contributed by atoms with Crippen molar-refractivity contribution in [1.82, 2.24) is 10.2 Å². The molecular formula is C9H15ClN2O3. The maximum atomic E-state index is 11.6. The van der Waals surface area contributed by atoms with Gasteiger partial charge in [0.05, 0.1) is 13.2 Å². The van der Waals surface area contributed by atoms with Gasteiger partial charge >= 0.3 is 0 Å². The lowest BCUT2D eigenvalue weighted by atomic mass is 10.3. The van der Waals surface area contributed by atoms with Crippen LogP contribution in [-0.4, -0.2) is 55.4 Å². The van der Waals surface area contributed by atoms with Crippen LogP contribution in [0.1, 0.15) is 6.42 Å². The normalized spacial score (nSPS) is 16.2. The molecule has 15 heavy (non-hydrogen) atoms. The van der Waals surface area contributed by atoms with Gasteiger partial charge in [0.15, 0.2) is 0 Å². The second-order valence-electron chi connectivity index (χ2n) is 3.23. The molecule has 0 aliphatic carbocycles. The number of hydrogen-bond acceptors (Lipinski definition) is 3. The third-order valence-corrected chi connectivity index (χ3v) is 2.39. The summed E-state index contributed by atoms with van der Waals surface area (Å²) in [6.07, 6.45) is 0.322. The molecule has 0 aromatic heterocycles. The van der Waals surface area contributed by atoms with E-state index < -0.39 is 0 Å². The Morgan fingerprint density at radius 2 is 2.00 bits per heavy atom. The monoisotopic (exact) mass is 234 g/mol. The maximum Gasteiger partial charge on any atom is 0.234 e. The Morgan fingerprint density at radius 3 is 2.60 bits per heavy atom. The first-order valence-corrected chi connectivity index (χ1v) is 5.45. The van der Waals surface area contributed by atoms with Gasteiger partial charge in [-0.05, 0) is 0 Å². The molecule has 0 bridgehead atoms. The third-order valence-electron chi connectivity index (χ3n) is 2.15. The molecule has 1 saturated heterocycles. The zero-order valence-electron chi connectivity index (χ0n) is 8.50. The summed E-state index contributed by atoms with van der Waals surface area (Å²) in [6, 6.07) is 0. The second-order valence-corrected chi connectivity index (χ2v) is 3.49. The van der Waals surface area contributed by atoms with Crippen molar-refractivity contribution in [2.75, 3.05) is 38.7 Å². The first kappa shape index (κ1) is 12.3. The number of carbonyl (C=O) groups excluding carboxylic acids is 2. The number of hydrogen-bond donors (Lipinski definition) is 1. The zero-order chi connectivity index (χ0) is 11.1. The van der Waals surface area contributed by atoms with Crippen molar-refractivity contribution in [3.63, 3.8) is 0 Å². The number of alkyl halides is 1. The third kappa shape index (κ3) is 4.48. The van der Waals surface area contributed by atoms with Crippen molar-refractivity contribution in [2.24, 2.45) is 0 Å². The van der Waals surface area contributed by atoms with Crippen LogP contribution in [0.25, 0.3) is 0 Å². The van der Waals surface area contributed by atoms with Crippen molar-refractivity contribution in [1.29, 1.82) is 0 Å². The minimum absolute atomic E-state index is 0.0492. The van der Waals surface area contributed by atoms with Gasteiger partial charge in [0.1, 0.15) is 5.88 Å². The highest BCUT2D eigenvalue weighted by Gasteiger charge is 2.16.